The van der Waals surface area contributed by atoms with Crippen molar-refractivity contribution in [1.29, 1.82) is 0 Å². The van der Waals surface area contributed by atoms with Crippen molar-refractivity contribution in [3.05, 3.63) is 23.8 Å². The second-order valence-electron chi connectivity index (χ2n) is 4.77. The normalized spacial score (nSPS) is 17.6. The number of hydrogen-bond donors (Lipinski definition) is 1. The number of rotatable bonds is 6. The van der Waals surface area contributed by atoms with Gasteiger partial charge in [0.15, 0.2) is 16.7 Å². The fraction of sp³-hybridized carbons (Fsp3) is 0.467. The third-order valence-corrected chi connectivity index (χ3v) is 3.98. The van der Waals surface area contributed by atoms with Crippen LogP contribution in [-0.2, 0) is 4.74 Å². The fourth-order valence-corrected chi connectivity index (χ4v) is 2.89. The van der Waals surface area contributed by atoms with Crippen LogP contribution in [0.3, 0.4) is 0 Å². The highest BCUT2D eigenvalue weighted by Crippen LogP contribution is 2.28. The van der Waals surface area contributed by atoms with Crippen molar-refractivity contribution >= 4 is 22.6 Å². The van der Waals surface area contributed by atoms with Crippen LogP contribution in [0, 0.1) is 0 Å². The summed E-state index contributed by atoms with van der Waals surface area (Å²) in [6.07, 6.45) is 0. The Bertz CT molecular complexity index is 575. The van der Waals surface area contributed by atoms with E-state index >= 15 is 0 Å². The Morgan fingerprint density at radius 2 is 2.05 bits per heavy atom. The number of aliphatic imine (C=N–C) groups is 1. The number of nitrogens with zero attached hydrogens (tertiary/aromatic N) is 2. The lowest BCUT2D eigenvalue weighted by Crippen LogP contribution is -2.27. The van der Waals surface area contributed by atoms with Gasteiger partial charge in [-0.1, -0.05) is 11.8 Å². The van der Waals surface area contributed by atoms with E-state index in [1.807, 2.05) is 25.1 Å². The maximum absolute atomic E-state index is 5.32. The Balaban J connectivity index is 2.11. The molecule has 0 unspecified atom stereocenters. The SMILES string of the molecule is COC[C@@H](C)N=C1NN=C(c2ccc(OC)c(OC)c2)CS1. The predicted molar refractivity (Wildman–Crippen MR) is 90.4 cm³/mol. The van der Waals surface area contributed by atoms with Crippen LogP contribution < -0.4 is 14.9 Å². The molecule has 1 N–H and O–H groups in total. The summed E-state index contributed by atoms with van der Waals surface area (Å²) in [6, 6.07) is 5.89. The second kappa shape index (κ2) is 8.05. The zero-order valence-electron chi connectivity index (χ0n) is 13.3. The molecule has 1 aromatic rings. The van der Waals surface area contributed by atoms with Crippen LogP contribution in [0.1, 0.15) is 12.5 Å². The number of nitrogens with one attached hydrogen (secondary N) is 1. The first-order valence-electron chi connectivity index (χ1n) is 6.92. The lowest BCUT2D eigenvalue weighted by atomic mass is 10.1. The van der Waals surface area contributed by atoms with E-state index in [0.29, 0.717) is 18.1 Å². The number of amidine groups is 1. The summed E-state index contributed by atoms with van der Waals surface area (Å²) >= 11 is 1.62. The quantitative estimate of drug-likeness (QED) is 0.869. The van der Waals surface area contributed by atoms with Crippen molar-refractivity contribution in [3.63, 3.8) is 0 Å². The molecule has 7 heteroatoms. The average molecular weight is 323 g/mol. The van der Waals surface area contributed by atoms with E-state index in [9.17, 15) is 0 Å². The maximum atomic E-state index is 5.32. The molecule has 1 heterocycles. The number of methoxy groups -OCH3 is 3. The molecule has 0 amide bonds. The zero-order valence-corrected chi connectivity index (χ0v) is 14.1. The van der Waals surface area contributed by atoms with E-state index in [0.717, 1.165) is 22.2 Å². The van der Waals surface area contributed by atoms with Gasteiger partial charge in [0.05, 0.1) is 32.6 Å². The van der Waals surface area contributed by atoms with Gasteiger partial charge in [0.25, 0.3) is 0 Å². The van der Waals surface area contributed by atoms with Crippen LogP contribution >= 0.6 is 11.8 Å². The van der Waals surface area contributed by atoms with Gasteiger partial charge in [0, 0.05) is 18.4 Å². The fourth-order valence-electron chi connectivity index (χ4n) is 2.02. The summed E-state index contributed by atoms with van der Waals surface area (Å²) in [5, 5.41) is 5.22. The summed E-state index contributed by atoms with van der Waals surface area (Å²) in [6.45, 7) is 2.60. The highest BCUT2D eigenvalue weighted by atomic mass is 32.2. The van der Waals surface area contributed by atoms with E-state index in [-0.39, 0.29) is 6.04 Å². The predicted octanol–water partition coefficient (Wildman–Crippen LogP) is 2.14. The minimum atomic E-state index is 0.109. The molecule has 120 valence electrons. The van der Waals surface area contributed by atoms with Crippen molar-refractivity contribution < 1.29 is 14.2 Å². The number of benzene rings is 1. The Kier molecular flexibility index (Phi) is 6.09. The van der Waals surface area contributed by atoms with Crippen LogP contribution in [0.2, 0.25) is 0 Å². The lowest BCUT2D eigenvalue weighted by molar-refractivity contribution is 0.186. The van der Waals surface area contributed by atoms with E-state index < -0.39 is 0 Å². The zero-order chi connectivity index (χ0) is 15.9. The second-order valence-corrected chi connectivity index (χ2v) is 5.73. The molecule has 2 rings (SSSR count). The molecular formula is C15H21N3O3S. The largest absolute Gasteiger partial charge is 0.493 e. The van der Waals surface area contributed by atoms with Gasteiger partial charge in [-0.25, -0.2) is 0 Å². The summed E-state index contributed by atoms with van der Waals surface area (Å²) in [4.78, 5) is 4.51. The average Bonchev–Trinajstić information content (AvgIpc) is 2.55. The third kappa shape index (κ3) is 4.14. The van der Waals surface area contributed by atoms with E-state index in [1.165, 1.54) is 0 Å². The van der Waals surface area contributed by atoms with Crippen LogP contribution in [0.5, 0.6) is 11.5 Å². The number of thioether (sulfide) groups is 1. The Labute approximate surface area is 134 Å². The molecule has 0 saturated heterocycles. The van der Waals surface area contributed by atoms with Gasteiger partial charge in [0.2, 0.25) is 0 Å². The molecule has 22 heavy (non-hydrogen) atoms. The number of ether oxygens (including phenoxy) is 3. The molecule has 0 fully saturated rings. The highest BCUT2D eigenvalue weighted by molar-refractivity contribution is 8.14. The van der Waals surface area contributed by atoms with Gasteiger partial charge in [-0.05, 0) is 25.1 Å². The molecule has 1 atom stereocenters. The first-order valence-corrected chi connectivity index (χ1v) is 7.91. The summed E-state index contributed by atoms with van der Waals surface area (Å²) in [5.74, 6) is 2.15. The van der Waals surface area contributed by atoms with Gasteiger partial charge >= 0.3 is 0 Å². The Hall–Kier alpha value is -1.73. The van der Waals surface area contributed by atoms with Gasteiger partial charge in [-0.15, -0.1) is 0 Å². The van der Waals surface area contributed by atoms with Crippen molar-refractivity contribution in [2.45, 2.75) is 13.0 Å². The first-order chi connectivity index (χ1) is 10.7. The van der Waals surface area contributed by atoms with Gasteiger partial charge in [0.1, 0.15) is 0 Å². The molecule has 0 radical (unpaired) electrons. The monoisotopic (exact) mass is 323 g/mol. The van der Waals surface area contributed by atoms with E-state index in [4.69, 9.17) is 14.2 Å². The molecule has 0 aliphatic carbocycles. The number of hydrazone groups is 1. The highest BCUT2D eigenvalue weighted by Gasteiger charge is 2.15. The van der Waals surface area contributed by atoms with Gasteiger partial charge < -0.3 is 14.2 Å². The van der Waals surface area contributed by atoms with Crippen LogP contribution in [-0.4, -0.2) is 50.6 Å². The summed E-state index contributed by atoms with van der Waals surface area (Å²) < 4.78 is 15.6. The van der Waals surface area contributed by atoms with Gasteiger partial charge in [-0.2, -0.15) is 5.10 Å². The molecule has 0 spiro atoms. The molecular weight excluding hydrogens is 302 g/mol. The van der Waals surface area contributed by atoms with Crippen LogP contribution in [0.25, 0.3) is 0 Å². The van der Waals surface area contributed by atoms with E-state index in [2.05, 4.69) is 15.5 Å². The maximum Gasteiger partial charge on any atom is 0.177 e. The van der Waals surface area contributed by atoms with Crippen molar-refractivity contribution in [3.8, 4) is 11.5 Å². The van der Waals surface area contributed by atoms with Crippen LogP contribution in [0.15, 0.2) is 28.3 Å². The minimum absolute atomic E-state index is 0.109. The lowest BCUT2D eigenvalue weighted by Gasteiger charge is -2.17. The summed E-state index contributed by atoms with van der Waals surface area (Å²) in [5.41, 5.74) is 4.95. The molecule has 0 bridgehead atoms. The van der Waals surface area contributed by atoms with Crippen LogP contribution in [0.4, 0.5) is 0 Å². The molecule has 1 aliphatic rings. The van der Waals surface area contributed by atoms with Crippen molar-refractivity contribution in [2.24, 2.45) is 10.1 Å². The molecule has 1 aliphatic heterocycles. The molecule has 0 aromatic heterocycles. The third-order valence-electron chi connectivity index (χ3n) is 3.09. The molecule has 6 nitrogen and oxygen atoms in total. The first kappa shape index (κ1) is 16.6. The Morgan fingerprint density at radius 3 is 2.64 bits per heavy atom. The standard InChI is InChI=1S/C15H21N3O3S/c1-10(8-19-2)16-15-18-17-12(9-22-15)11-5-6-13(20-3)14(7-11)21-4/h5-7,10H,8-9H2,1-4H3,(H,16,18)/t10-/m1/s1. The molecule has 1 aromatic carbocycles. The number of hydrogen-bond acceptors (Lipinski definition) is 6. The smallest absolute Gasteiger partial charge is 0.177 e. The van der Waals surface area contributed by atoms with E-state index in [1.54, 1.807) is 33.1 Å². The van der Waals surface area contributed by atoms with Gasteiger partial charge in [-0.3, -0.25) is 10.4 Å². The van der Waals surface area contributed by atoms with Crippen molar-refractivity contribution in [2.75, 3.05) is 33.7 Å². The summed E-state index contributed by atoms with van der Waals surface area (Å²) in [7, 11) is 4.92. The minimum Gasteiger partial charge on any atom is -0.493 e. The van der Waals surface area contributed by atoms with Crippen molar-refractivity contribution in [1.82, 2.24) is 5.43 Å². The topological polar surface area (TPSA) is 64.4 Å². The Morgan fingerprint density at radius 1 is 1.27 bits per heavy atom. The molecule has 0 saturated carbocycles.